The Morgan fingerprint density at radius 1 is 1.22 bits per heavy atom. The van der Waals surface area contributed by atoms with Gasteiger partial charge in [-0.2, -0.15) is 0 Å². The maximum absolute atomic E-state index is 12.8. The molecular weight excluding hydrogens is 456 g/mol. The number of hydrogen-bond acceptors (Lipinski definition) is 10. The van der Waals surface area contributed by atoms with Crippen LogP contribution >= 0.6 is 23.1 Å². The summed E-state index contributed by atoms with van der Waals surface area (Å²) in [5.74, 6) is -0.892. The summed E-state index contributed by atoms with van der Waals surface area (Å²) in [6.07, 6.45) is -0.659. The Balaban J connectivity index is 1.79. The van der Waals surface area contributed by atoms with Crippen LogP contribution < -0.4 is 22.3 Å². The van der Waals surface area contributed by atoms with Crippen LogP contribution in [0.4, 0.5) is 15.7 Å². The van der Waals surface area contributed by atoms with Crippen molar-refractivity contribution in [3.63, 3.8) is 0 Å². The fourth-order valence-corrected chi connectivity index (χ4v) is 4.35. The highest BCUT2D eigenvalue weighted by atomic mass is 32.2. The van der Waals surface area contributed by atoms with Crippen molar-refractivity contribution in [1.82, 2.24) is 19.3 Å². The first kappa shape index (κ1) is 23.2. The third-order valence-electron chi connectivity index (χ3n) is 4.26. The molecule has 0 fully saturated rings. The van der Waals surface area contributed by atoms with Crippen LogP contribution in [0.3, 0.4) is 0 Å². The van der Waals surface area contributed by atoms with Gasteiger partial charge >= 0.3 is 11.8 Å². The monoisotopic (exact) mass is 476 g/mol. The Morgan fingerprint density at radius 3 is 2.62 bits per heavy atom. The van der Waals surface area contributed by atoms with Crippen LogP contribution in [0, 0.1) is 0 Å². The number of nitrogens with one attached hydrogen (secondary N) is 1. The van der Waals surface area contributed by atoms with Crippen molar-refractivity contribution < 1.29 is 14.3 Å². The number of nitrogens with zero attached hydrogens (tertiary/aromatic N) is 4. The standard InChI is InChI=1S/C19H20N6O5S2/c1-3-30-17(28)21-16-22-23-18(32-16)31-10-12(26)13-14(20)25(19(29)24(2)15(13)27)9-11-7-5-4-6-8-11/h4-8H,3,9-10,20H2,1-2H3,(H,21,22,28). The maximum Gasteiger partial charge on any atom is 0.413 e. The minimum Gasteiger partial charge on any atom is -0.450 e. The van der Waals surface area contributed by atoms with Gasteiger partial charge in [0.1, 0.15) is 11.4 Å². The summed E-state index contributed by atoms with van der Waals surface area (Å²) >= 11 is 2.08. The molecule has 0 atom stereocenters. The topological polar surface area (TPSA) is 151 Å². The Morgan fingerprint density at radius 2 is 1.94 bits per heavy atom. The first-order valence-corrected chi connectivity index (χ1v) is 11.2. The lowest BCUT2D eigenvalue weighted by atomic mass is 10.2. The molecule has 3 N–H and O–H groups in total. The Kier molecular flexibility index (Phi) is 7.43. The van der Waals surface area contributed by atoms with E-state index in [4.69, 9.17) is 10.5 Å². The maximum atomic E-state index is 12.8. The van der Waals surface area contributed by atoms with E-state index in [1.54, 1.807) is 6.92 Å². The second-order valence-corrected chi connectivity index (χ2v) is 8.61. The second kappa shape index (κ2) is 10.2. The van der Waals surface area contributed by atoms with Crippen LogP contribution in [0.25, 0.3) is 0 Å². The molecule has 3 aromatic rings. The number of thioether (sulfide) groups is 1. The van der Waals surface area contributed by atoms with Crippen molar-refractivity contribution in [3.05, 3.63) is 62.3 Å². The largest absolute Gasteiger partial charge is 0.450 e. The van der Waals surface area contributed by atoms with Crippen molar-refractivity contribution >= 4 is 45.9 Å². The predicted octanol–water partition coefficient (Wildman–Crippen LogP) is 1.57. The Labute approximate surface area is 190 Å². The van der Waals surface area contributed by atoms with Gasteiger partial charge < -0.3 is 10.5 Å². The molecule has 0 spiro atoms. The zero-order chi connectivity index (χ0) is 23.3. The number of amides is 1. The van der Waals surface area contributed by atoms with Crippen LogP contribution in [0.2, 0.25) is 0 Å². The Hall–Kier alpha value is -3.45. The minimum absolute atomic E-state index is 0.117. The Bertz CT molecular complexity index is 1250. The zero-order valence-corrected chi connectivity index (χ0v) is 18.9. The number of anilines is 2. The van der Waals surface area contributed by atoms with Gasteiger partial charge in [-0.3, -0.25) is 24.0 Å². The van der Waals surface area contributed by atoms with Gasteiger partial charge in [0.15, 0.2) is 10.1 Å². The fourth-order valence-electron chi connectivity index (χ4n) is 2.74. The second-order valence-electron chi connectivity index (χ2n) is 6.41. The van der Waals surface area contributed by atoms with E-state index in [-0.39, 0.29) is 35.4 Å². The molecule has 0 aliphatic heterocycles. The fraction of sp³-hybridized carbons (Fsp3) is 0.263. The van der Waals surface area contributed by atoms with Gasteiger partial charge in [-0.05, 0) is 12.5 Å². The van der Waals surface area contributed by atoms with E-state index in [0.29, 0.717) is 4.34 Å². The van der Waals surface area contributed by atoms with Gasteiger partial charge in [0.2, 0.25) is 5.13 Å². The average molecular weight is 477 g/mol. The molecule has 32 heavy (non-hydrogen) atoms. The van der Waals surface area contributed by atoms with E-state index in [1.165, 1.54) is 11.6 Å². The molecule has 13 heteroatoms. The number of nitrogen functional groups attached to an aromatic ring is 1. The van der Waals surface area contributed by atoms with Gasteiger partial charge in [-0.25, -0.2) is 9.59 Å². The normalized spacial score (nSPS) is 10.7. The molecular formula is C19H20N6O5S2. The summed E-state index contributed by atoms with van der Waals surface area (Å²) in [6.45, 7) is 2.00. The number of ether oxygens (including phenoxy) is 1. The van der Waals surface area contributed by atoms with Crippen LogP contribution in [0.15, 0.2) is 44.3 Å². The van der Waals surface area contributed by atoms with E-state index in [1.807, 2.05) is 30.3 Å². The number of rotatable bonds is 8. The van der Waals surface area contributed by atoms with E-state index in [0.717, 1.165) is 33.2 Å². The smallest absolute Gasteiger partial charge is 0.413 e. The molecule has 0 unspecified atom stereocenters. The molecule has 3 rings (SSSR count). The summed E-state index contributed by atoms with van der Waals surface area (Å²) in [7, 11) is 1.30. The summed E-state index contributed by atoms with van der Waals surface area (Å²) in [5, 5.41) is 10.3. The molecule has 0 radical (unpaired) electrons. The van der Waals surface area contributed by atoms with Crippen LogP contribution in [0.5, 0.6) is 0 Å². The number of benzene rings is 1. The first-order chi connectivity index (χ1) is 15.3. The third kappa shape index (κ3) is 5.23. The van der Waals surface area contributed by atoms with E-state index in [2.05, 4.69) is 15.5 Å². The quantitative estimate of drug-likeness (QED) is 0.280. The van der Waals surface area contributed by atoms with Crippen LogP contribution in [-0.4, -0.2) is 43.6 Å². The molecule has 1 aromatic carbocycles. The van der Waals surface area contributed by atoms with Gasteiger partial charge in [0.05, 0.1) is 18.9 Å². The highest BCUT2D eigenvalue weighted by Gasteiger charge is 2.22. The van der Waals surface area contributed by atoms with Crippen molar-refractivity contribution in [3.8, 4) is 0 Å². The zero-order valence-electron chi connectivity index (χ0n) is 17.2. The summed E-state index contributed by atoms with van der Waals surface area (Å²) in [5.41, 5.74) is 5.26. The number of carbonyl (C=O) groups is 2. The summed E-state index contributed by atoms with van der Waals surface area (Å²) in [4.78, 5) is 49.5. The minimum atomic E-state index is -0.760. The van der Waals surface area contributed by atoms with Gasteiger partial charge in [0, 0.05) is 7.05 Å². The van der Waals surface area contributed by atoms with E-state index < -0.39 is 23.1 Å². The molecule has 2 heterocycles. The predicted molar refractivity (Wildman–Crippen MR) is 122 cm³/mol. The molecule has 0 aliphatic rings. The molecule has 0 aliphatic carbocycles. The SMILES string of the molecule is CCOC(=O)Nc1nnc(SCC(=O)c2c(N)n(Cc3ccccc3)c(=O)n(C)c2=O)s1. The van der Waals surface area contributed by atoms with E-state index in [9.17, 15) is 19.2 Å². The lowest BCUT2D eigenvalue weighted by molar-refractivity contribution is 0.102. The highest BCUT2D eigenvalue weighted by molar-refractivity contribution is 8.01. The number of nitrogens with two attached hydrogens (primary N) is 1. The van der Waals surface area contributed by atoms with Crippen molar-refractivity contribution in [2.24, 2.45) is 7.05 Å². The molecule has 0 bridgehead atoms. The molecule has 2 aromatic heterocycles. The van der Waals surface area contributed by atoms with Gasteiger partial charge in [-0.15, -0.1) is 10.2 Å². The molecule has 0 saturated carbocycles. The number of carbonyl (C=O) groups excluding carboxylic acids is 2. The molecule has 0 saturated heterocycles. The number of aromatic nitrogens is 4. The summed E-state index contributed by atoms with van der Waals surface area (Å²) in [6, 6.07) is 9.09. The average Bonchev–Trinajstić information content (AvgIpc) is 3.22. The molecule has 168 valence electrons. The lowest BCUT2D eigenvalue weighted by Gasteiger charge is -2.14. The first-order valence-electron chi connectivity index (χ1n) is 9.38. The van der Waals surface area contributed by atoms with Crippen molar-refractivity contribution in [1.29, 1.82) is 0 Å². The van der Waals surface area contributed by atoms with Crippen LogP contribution in [0.1, 0.15) is 22.8 Å². The number of ketones is 1. The summed E-state index contributed by atoms with van der Waals surface area (Å²) < 4.78 is 7.22. The number of hydrogen-bond donors (Lipinski definition) is 2. The van der Waals surface area contributed by atoms with E-state index >= 15 is 0 Å². The molecule has 1 amide bonds. The third-order valence-corrected chi connectivity index (χ3v) is 6.24. The molecule has 11 nitrogen and oxygen atoms in total. The number of Topliss-reactive ketones (excluding diaryl/α,β-unsaturated/α-hetero) is 1. The van der Waals surface area contributed by atoms with Crippen LogP contribution in [-0.2, 0) is 18.3 Å². The van der Waals surface area contributed by atoms with Crippen molar-refractivity contribution in [2.75, 3.05) is 23.4 Å². The van der Waals surface area contributed by atoms with Crippen molar-refractivity contribution in [2.45, 2.75) is 17.8 Å². The van der Waals surface area contributed by atoms with Gasteiger partial charge in [0.25, 0.3) is 5.56 Å². The highest BCUT2D eigenvalue weighted by Crippen LogP contribution is 2.26. The van der Waals surface area contributed by atoms with Gasteiger partial charge in [-0.1, -0.05) is 53.4 Å². The lowest BCUT2D eigenvalue weighted by Crippen LogP contribution is -2.43.